The predicted molar refractivity (Wildman–Crippen MR) is 153 cm³/mol. The first-order valence-corrected chi connectivity index (χ1v) is 13.6. The summed E-state index contributed by atoms with van der Waals surface area (Å²) in [5.74, 6) is -0.595. The molecule has 0 unspecified atom stereocenters. The molecular formula is C31H33N5O4. The Balaban J connectivity index is 1.24. The van der Waals surface area contributed by atoms with Gasteiger partial charge in [0.2, 0.25) is 17.8 Å². The summed E-state index contributed by atoms with van der Waals surface area (Å²) in [7, 11) is 0. The summed E-state index contributed by atoms with van der Waals surface area (Å²) in [4.78, 5) is 46.5. The van der Waals surface area contributed by atoms with Gasteiger partial charge in [-0.2, -0.15) is 0 Å². The van der Waals surface area contributed by atoms with Gasteiger partial charge in [-0.3, -0.25) is 19.8 Å². The molecule has 5 rings (SSSR count). The predicted octanol–water partition coefficient (Wildman–Crippen LogP) is 3.45. The zero-order valence-electron chi connectivity index (χ0n) is 22.5. The number of amides is 2. The Labute approximate surface area is 233 Å². The van der Waals surface area contributed by atoms with Crippen molar-refractivity contribution in [3.05, 3.63) is 102 Å². The fourth-order valence-electron chi connectivity index (χ4n) is 5.10. The molecule has 2 aliphatic heterocycles. The van der Waals surface area contributed by atoms with Crippen molar-refractivity contribution in [2.45, 2.75) is 25.4 Å². The fraction of sp³-hybridized carbons (Fsp3) is 0.290. The van der Waals surface area contributed by atoms with Gasteiger partial charge < -0.3 is 15.0 Å². The third-order valence-corrected chi connectivity index (χ3v) is 7.08. The standard InChI is InChI=1S/C31H33N5O4/c1-2-40-30(39)24-13-15-25(16-14-24)32-29(38)26-21-27(37)34-31(33-26)36-19-17-35(18-20-36)28(22-9-5-3-6-10-22)23-11-7-4-8-12-23/h3-16,26,28H,2,17-21H2,1H3,(H,32,38)(H,33,34,37)/t26-/m1/s1. The number of ether oxygens (including phenoxy) is 1. The van der Waals surface area contributed by atoms with E-state index in [9.17, 15) is 14.4 Å². The van der Waals surface area contributed by atoms with E-state index in [1.54, 1.807) is 31.2 Å². The molecule has 1 atom stereocenters. The number of nitrogens with zero attached hydrogens (tertiary/aromatic N) is 3. The highest BCUT2D eigenvalue weighted by Crippen LogP contribution is 2.29. The van der Waals surface area contributed by atoms with Crippen LogP contribution in [0.2, 0.25) is 0 Å². The molecule has 1 saturated heterocycles. The number of rotatable bonds is 7. The Hall–Kier alpha value is -4.50. The first-order chi connectivity index (χ1) is 19.5. The van der Waals surface area contributed by atoms with Crippen molar-refractivity contribution in [2.24, 2.45) is 4.99 Å². The van der Waals surface area contributed by atoms with E-state index in [2.05, 4.69) is 69.1 Å². The van der Waals surface area contributed by atoms with Crippen molar-refractivity contribution in [1.29, 1.82) is 0 Å². The number of piperazine rings is 1. The quantitative estimate of drug-likeness (QED) is 0.446. The lowest BCUT2D eigenvalue weighted by atomic mass is 9.96. The second kappa shape index (κ2) is 12.6. The van der Waals surface area contributed by atoms with E-state index in [4.69, 9.17) is 4.74 Å². The van der Waals surface area contributed by atoms with Crippen LogP contribution in [-0.4, -0.2) is 72.4 Å². The number of carbonyl (C=O) groups is 3. The lowest BCUT2D eigenvalue weighted by Gasteiger charge is -2.41. The van der Waals surface area contributed by atoms with E-state index in [0.717, 1.165) is 13.1 Å². The van der Waals surface area contributed by atoms with Gasteiger partial charge in [-0.1, -0.05) is 60.7 Å². The van der Waals surface area contributed by atoms with Crippen LogP contribution in [0, 0.1) is 0 Å². The fourth-order valence-corrected chi connectivity index (χ4v) is 5.10. The number of hydrogen-bond donors (Lipinski definition) is 2. The Bertz CT molecular complexity index is 1310. The summed E-state index contributed by atoms with van der Waals surface area (Å²) < 4.78 is 4.99. The average Bonchev–Trinajstić information content (AvgIpc) is 2.99. The molecule has 3 aromatic rings. The molecule has 0 bridgehead atoms. The van der Waals surface area contributed by atoms with Crippen LogP contribution in [0.3, 0.4) is 0 Å². The summed E-state index contributed by atoms with van der Waals surface area (Å²) >= 11 is 0. The second-order valence-electron chi connectivity index (χ2n) is 9.75. The largest absolute Gasteiger partial charge is 0.462 e. The molecule has 1 fully saturated rings. The third kappa shape index (κ3) is 6.38. The molecular weight excluding hydrogens is 506 g/mol. The number of aliphatic imine (C=N–C) groups is 1. The van der Waals surface area contributed by atoms with E-state index < -0.39 is 12.0 Å². The summed E-state index contributed by atoms with van der Waals surface area (Å²) in [6.45, 7) is 4.91. The van der Waals surface area contributed by atoms with Crippen molar-refractivity contribution < 1.29 is 19.1 Å². The van der Waals surface area contributed by atoms with Crippen molar-refractivity contribution in [3.8, 4) is 0 Å². The van der Waals surface area contributed by atoms with Crippen LogP contribution in [0.4, 0.5) is 5.69 Å². The molecule has 2 N–H and O–H groups in total. The van der Waals surface area contributed by atoms with Crippen molar-refractivity contribution in [3.63, 3.8) is 0 Å². The second-order valence-corrected chi connectivity index (χ2v) is 9.75. The molecule has 2 heterocycles. The highest BCUT2D eigenvalue weighted by atomic mass is 16.5. The zero-order chi connectivity index (χ0) is 27.9. The van der Waals surface area contributed by atoms with E-state index >= 15 is 0 Å². The Morgan fingerprint density at radius 3 is 2.10 bits per heavy atom. The number of anilines is 1. The molecule has 0 aromatic heterocycles. The molecule has 0 saturated carbocycles. The van der Waals surface area contributed by atoms with Gasteiger partial charge >= 0.3 is 5.97 Å². The molecule has 40 heavy (non-hydrogen) atoms. The Morgan fingerprint density at radius 1 is 0.925 bits per heavy atom. The molecule has 3 aromatic carbocycles. The first kappa shape index (κ1) is 27.1. The van der Waals surface area contributed by atoms with Gasteiger partial charge in [-0.25, -0.2) is 9.79 Å². The smallest absolute Gasteiger partial charge is 0.338 e. The van der Waals surface area contributed by atoms with E-state index in [0.29, 0.717) is 30.3 Å². The Kier molecular flexibility index (Phi) is 8.51. The number of nitrogens with one attached hydrogen (secondary N) is 2. The number of guanidine groups is 1. The summed E-state index contributed by atoms with van der Waals surface area (Å²) in [5.41, 5.74) is 3.38. The lowest BCUT2D eigenvalue weighted by Crippen LogP contribution is -2.56. The van der Waals surface area contributed by atoms with Gasteiger partial charge in [-0.15, -0.1) is 0 Å². The number of benzene rings is 3. The number of esters is 1. The zero-order valence-corrected chi connectivity index (χ0v) is 22.5. The van der Waals surface area contributed by atoms with Crippen LogP contribution >= 0.6 is 0 Å². The molecule has 0 aliphatic carbocycles. The van der Waals surface area contributed by atoms with Gasteiger partial charge in [0.1, 0.15) is 6.04 Å². The van der Waals surface area contributed by atoms with Gasteiger partial charge in [0.05, 0.1) is 24.6 Å². The van der Waals surface area contributed by atoms with E-state index in [1.807, 2.05) is 17.0 Å². The summed E-state index contributed by atoms with van der Waals surface area (Å²) in [6, 6.07) is 26.7. The van der Waals surface area contributed by atoms with Gasteiger partial charge in [0.25, 0.3) is 0 Å². The molecule has 2 aliphatic rings. The summed E-state index contributed by atoms with van der Waals surface area (Å²) in [6.07, 6.45) is -0.0275. The number of carbonyl (C=O) groups excluding carboxylic acids is 3. The van der Waals surface area contributed by atoms with Crippen LogP contribution in [-0.2, 0) is 14.3 Å². The first-order valence-electron chi connectivity index (χ1n) is 13.6. The third-order valence-electron chi connectivity index (χ3n) is 7.08. The average molecular weight is 540 g/mol. The monoisotopic (exact) mass is 539 g/mol. The summed E-state index contributed by atoms with van der Waals surface area (Å²) in [5, 5.41) is 5.67. The normalized spacial score (nSPS) is 17.6. The van der Waals surface area contributed by atoms with Crippen LogP contribution < -0.4 is 10.6 Å². The maximum atomic E-state index is 13.0. The van der Waals surface area contributed by atoms with Gasteiger partial charge in [0.15, 0.2) is 0 Å². The van der Waals surface area contributed by atoms with E-state index in [1.165, 1.54) is 11.1 Å². The van der Waals surface area contributed by atoms with Crippen molar-refractivity contribution >= 4 is 29.4 Å². The van der Waals surface area contributed by atoms with Crippen LogP contribution in [0.15, 0.2) is 89.9 Å². The molecule has 0 radical (unpaired) electrons. The van der Waals surface area contributed by atoms with Crippen LogP contribution in [0.25, 0.3) is 0 Å². The van der Waals surface area contributed by atoms with Gasteiger partial charge in [-0.05, 0) is 42.3 Å². The Morgan fingerprint density at radius 2 is 1.52 bits per heavy atom. The molecule has 9 nitrogen and oxygen atoms in total. The van der Waals surface area contributed by atoms with Crippen LogP contribution in [0.1, 0.15) is 40.9 Å². The molecule has 206 valence electrons. The van der Waals surface area contributed by atoms with Crippen LogP contribution in [0.5, 0.6) is 0 Å². The SMILES string of the molecule is CCOC(=O)c1ccc(NC(=O)[C@H]2CC(=O)NC(N3CCN(C(c4ccccc4)c4ccccc4)CC3)=N2)cc1. The molecule has 9 heteroatoms. The van der Waals surface area contributed by atoms with Crippen molar-refractivity contribution in [1.82, 2.24) is 15.1 Å². The topological polar surface area (TPSA) is 103 Å². The van der Waals surface area contributed by atoms with E-state index in [-0.39, 0.29) is 30.9 Å². The van der Waals surface area contributed by atoms with Crippen molar-refractivity contribution in [2.75, 3.05) is 38.1 Å². The maximum Gasteiger partial charge on any atom is 0.338 e. The molecule has 2 amide bonds. The maximum absolute atomic E-state index is 13.0. The highest BCUT2D eigenvalue weighted by Gasteiger charge is 2.32. The highest BCUT2D eigenvalue weighted by molar-refractivity contribution is 6.06. The minimum atomic E-state index is -0.840. The minimum Gasteiger partial charge on any atom is -0.462 e. The minimum absolute atomic E-state index is 0.0275. The number of hydrogen-bond acceptors (Lipinski definition) is 7. The van der Waals surface area contributed by atoms with Gasteiger partial charge in [0, 0.05) is 31.9 Å². The molecule has 0 spiro atoms. The lowest BCUT2D eigenvalue weighted by molar-refractivity contribution is -0.125.